The Bertz CT molecular complexity index is 535. The molecule has 23 heavy (non-hydrogen) atoms. The minimum absolute atomic E-state index is 0. The van der Waals surface area contributed by atoms with Crippen LogP contribution in [0.15, 0.2) is 33.7 Å². The van der Waals surface area contributed by atoms with Gasteiger partial charge in [-0.15, -0.1) is 24.0 Å². The van der Waals surface area contributed by atoms with Crippen LogP contribution in [0.4, 0.5) is 0 Å². The van der Waals surface area contributed by atoms with Gasteiger partial charge < -0.3 is 16.0 Å². The molecule has 0 spiro atoms. The zero-order valence-corrected chi connectivity index (χ0v) is 17.4. The van der Waals surface area contributed by atoms with E-state index in [1.807, 2.05) is 12.1 Å². The highest BCUT2D eigenvalue weighted by Crippen LogP contribution is 2.28. The summed E-state index contributed by atoms with van der Waals surface area (Å²) in [7, 11) is 1.78. The van der Waals surface area contributed by atoms with Gasteiger partial charge in [0.15, 0.2) is 5.96 Å². The van der Waals surface area contributed by atoms with Crippen LogP contribution in [0.25, 0.3) is 0 Å². The van der Waals surface area contributed by atoms with Crippen molar-refractivity contribution in [3.8, 4) is 0 Å². The van der Waals surface area contributed by atoms with Crippen molar-refractivity contribution in [2.75, 3.05) is 20.1 Å². The monoisotopic (exact) mass is 494 g/mol. The van der Waals surface area contributed by atoms with Gasteiger partial charge in [-0.05, 0) is 43.0 Å². The van der Waals surface area contributed by atoms with E-state index in [1.165, 1.54) is 6.42 Å². The van der Waals surface area contributed by atoms with E-state index < -0.39 is 0 Å². The van der Waals surface area contributed by atoms with Gasteiger partial charge in [0.2, 0.25) is 0 Å². The summed E-state index contributed by atoms with van der Waals surface area (Å²) < 4.78 is 0.970. The van der Waals surface area contributed by atoms with Crippen LogP contribution in [0.1, 0.15) is 30.1 Å². The normalized spacial score (nSPS) is 19.5. The van der Waals surface area contributed by atoms with Crippen molar-refractivity contribution in [3.05, 3.63) is 34.3 Å². The summed E-state index contributed by atoms with van der Waals surface area (Å²) in [6.45, 7) is 3.64. The maximum Gasteiger partial charge on any atom is 0.251 e. The molecule has 1 amide bonds. The maximum absolute atomic E-state index is 11.9. The zero-order valence-electron chi connectivity index (χ0n) is 13.4. The van der Waals surface area contributed by atoms with Crippen molar-refractivity contribution >= 4 is 51.8 Å². The van der Waals surface area contributed by atoms with Gasteiger partial charge in [-0.2, -0.15) is 0 Å². The Morgan fingerprint density at radius 1 is 1.26 bits per heavy atom. The molecule has 0 bridgehead atoms. The van der Waals surface area contributed by atoms with Crippen LogP contribution in [-0.2, 0) is 0 Å². The molecule has 0 radical (unpaired) electrons. The van der Waals surface area contributed by atoms with Gasteiger partial charge in [0.1, 0.15) is 0 Å². The molecular formula is C16H24BrIN4O. The summed E-state index contributed by atoms with van der Waals surface area (Å²) in [6, 6.07) is 7.90. The molecule has 0 aromatic heterocycles. The highest BCUT2D eigenvalue weighted by Gasteiger charge is 2.33. The molecule has 1 aliphatic carbocycles. The van der Waals surface area contributed by atoms with Crippen molar-refractivity contribution in [1.82, 2.24) is 16.0 Å². The highest BCUT2D eigenvalue weighted by atomic mass is 127. The molecule has 1 fully saturated rings. The molecule has 1 saturated carbocycles. The van der Waals surface area contributed by atoms with E-state index in [0.29, 0.717) is 18.2 Å². The van der Waals surface area contributed by atoms with E-state index in [9.17, 15) is 4.79 Å². The number of hydrogen-bond acceptors (Lipinski definition) is 2. The molecule has 128 valence electrons. The quantitative estimate of drug-likeness (QED) is 0.246. The summed E-state index contributed by atoms with van der Waals surface area (Å²) >= 11 is 3.36. The van der Waals surface area contributed by atoms with E-state index in [0.717, 1.165) is 29.3 Å². The Labute approximate surface area is 163 Å². The molecule has 2 unspecified atom stereocenters. The molecule has 7 heteroatoms. The van der Waals surface area contributed by atoms with Crippen LogP contribution >= 0.6 is 39.9 Å². The number of carbonyl (C=O) groups is 1. The lowest BCUT2D eigenvalue weighted by molar-refractivity contribution is 0.0953. The molecule has 1 aromatic carbocycles. The summed E-state index contributed by atoms with van der Waals surface area (Å²) in [5, 5.41) is 9.55. The second-order valence-electron chi connectivity index (χ2n) is 5.58. The summed E-state index contributed by atoms with van der Waals surface area (Å²) in [5.74, 6) is 1.54. The van der Waals surface area contributed by atoms with Gasteiger partial charge in [-0.25, -0.2) is 0 Å². The largest absolute Gasteiger partial charge is 0.356 e. The Hall–Kier alpha value is -0.830. The van der Waals surface area contributed by atoms with Crippen LogP contribution in [0.3, 0.4) is 0 Å². The lowest BCUT2D eigenvalue weighted by Crippen LogP contribution is -2.40. The van der Waals surface area contributed by atoms with Gasteiger partial charge in [-0.1, -0.05) is 22.9 Å². The number of guanidine groups is 1. The number of amides is 1. The topological polar surface area (TPSA) is 65.5 Å². The number of rotatable bonds is 6. The number of nitrogens with one attached hydrogen (secondary N) is 3. The first-order valence-electron chi connectivity index (χ1n) is 7.61. The second-order valence-corrected chi connectivity index (χ2v) is 6.49. The molecule has 2 rings (SSSR count). The Balaban J connectivity index is 0.00000264. The van der Waals surface area contributed by atoms with Gasteiger partial charge in [-0.3, -0.25) is 9.79 Å². The Morgan fingerprint density at radius 3 is 2.43 bits per heavy atom. The fourth-order valence-corrected chi connectivity index (χ4v) is 2.36. The van der Waals surface area contributed by atoms with Crippen molar-refractivity contribution in [2.24, 2.45) is 10.9 Å². The minimum Gasteiger partial charge on any atom is -0.356 e. The number of nitrogens with zero attached hydrogens (tertiary/aromatic N) is 1. The van der Waals surface area contributed by atoms with Crippen molar-refractivity contribution < 1.29 is 4.79 Å². The van der Waals surface area contributed by atoms with E-state index in [1.54, 1.807) is 19.2 Å². The first-order chi connectivity index (χ1) is 10.6. The van der Waals surface area contributed by atoms with Crippen LogP contribution in [0.5, 0.6) is 0 Å². The molecular weight excluding hydrogens is 471 g/mol. The fraction of sp³-hybridized carbons (Fsp3) is 0.500. The number of carbonyl (C=O) groups excluding carboxylic acids is 1. The SMILES string of the molecule is CN=C(NCCCNC(=O)c1ccc(Br)cc1)NC1CC1C.I. The molecule has 0 saturated heterocycles. The first kappa shape index (κ1) is 20.2. The number of aliphatic imine (C=N–C) groups is 1. The van der Waals surface area contributed by atoms with Gasteiger partial charge in [0.05, 0.1) is 0 Å². The van der Waals surface area contributed by atoms with Gasteiger partial charge in [0, 0.05) is 36.2 Å². The first-order valence-corrected chi connectivity index (χ1v) is 8.40. The average molecular weight is 495 g/mol. The predicted molar refractivity (Wildman–Crippen MR) is 109 cm³/mol. The summed E-state index contributed by atoms with van der Waals surface area (Å²) in [5.41, 5.74) is 0.677. The van der Waals surface area contributed by atoms with Crippen LogP contribution in [0.2, 0.25) is 0 Å². The van der Waals surface area contributed by atoms with Crippen LogP contribution < -0.4 is 16.0 Å². The molecule has 2 atom stereocenters. The van der Waals surface area contributed by atoms with E-state index >= 15 is 0 Å². The maximum atomic E-state index is 11.9. The Kier molecular flexibility index (Phi) is 8.90. The predicted octanol–water partition coefficient (Wildman–Crippen LogP) is 2.76. The van der Waals surface area contributed by atoms with Crippen LogP contribution in [-0.4, -0.2) is 38.0 Å². The third-order valence-corrected chi connectivity index (χ3v) is 4.22. The molecule has 5 nitrogen and oxygen atoms in total. The highest BCUT2D eigenvalue weighted by molar-refractivity contribution is 14.0. The lowest BCUT2D eigenvalue weighted by atomic mass is 10.2. The minimum atomic E-state index is -0.0400. The smallest absolute Gasteiger partial charge is 0.251 e. The van der Waals surface area contributed by atoms with Crippen molar-refractivity contribution in [1.29, 1.82) is 0 Å². The van der Waals surface area contributed by atoms with Gasteiger partial charge >= 0.3 is 0 Å². The lowest BCUT2D eigenvalue weighted by Gasteiger charge is -2.11. The third-order valence-electron chi connectivity index (χ3n) is 3.69. The summed E-state index contributed by atoms with van der Waals surface area (Å²) in [6.07, 6.45) is 2.06. The van der Waals surface area contributed by atoms with Crippen molar-refractivity contribution in [2.45, 2.75) is 25.8 Å². The number of benzene rings is 1. The van der Waals surface area contributed by atoms with Gasteiger partial charge in [0.25, 0.3) is 5.91 Å². The standard InChI is InChI=1S/C16H23BrN4O.HI/c1-11-10-14(11)21-16(18-2)20-9-3-8-19-15(22)12-4-6-13(17)7-5-12;/h4-7,11,14H,3,8-10H2,1-2H3,(H,19,22)(H2,18,20,21);1H. The zero-order chi connectivity index (χ0) is 15.9. The molecule has 0 heterocycles. The van der Waals surface area contributed by atoms with Crippen molar-refractivity contribution in [3.63, 3.8) is 0 Å². The number of hydrogen-bond donors (Lipinski definition) is 3. The van der Waals surface area contributed by atoms with E-state index in [-0.39, 0.29) is 29.9 Å². The molecule has 0 aliphatic heterocycles. The van der Waals surface area contributed by atoms with Crippen LogP contribution in [0, 0.1) is 5.92 Å². The Morgan fingerprint density at radius 2 is 1.87 bits per heavy atom. The third kappa shape index (κ3) is 7.07. The second kappa shape index (κ2) is 10.1. The molecule has 1 aliphatic rings. The number of halogens is 2. The summed E-state index contributed by atoms with van der Waals surface area (Å²) in [4.78, 5) is 16.1. The van der Waals surface area contributed by atoms with E-state index in [2.05, 4.69) is 43.8 Å². The fourth-order valence-electron chi connectivity index (χ4n) is 2.09. The van der Waals surface area contributed by atoms with E-state index in [4.69, 9.17) is 0 Å². The molecule has 1 aromatic rings. The molecule has 3 N–H and O–H groups in total. The average Bonchev–Trinajstić information content (AvgIpc) is 3.21.